The molecule has 0 aliphatic carbocycles. The Hall–Kier alpha value is -1.31. The number of hydrogen-bond donors (Lipinski definition) is 0. The van der Waals surface area contributed by atoms with Crippen LogP contribution >= 0.6 is 0 Å². The van der Waals surface area contributed by atoms with E-state index in [0.717, 1.165) is 11.1 Å². The second-order valence-corrected chi connectivity index (χ2v) is 2.32. The third-order valence-electron chi connectivity index (χ3n) is 1.49. The summed E-state index contributed by atoms with van der Waals surface area (Å²) in [5, 5.41) is 0. The molecule has 14 heavy (non-hydrogen) atoms. The normalized spacial score (nSPS) is 8.36. The van der Waals surface area contributed by atoms with Crippen molar-refractivity contribution in [1.29, 1.82) is 0 Å². The zero-order chi connectivity index (χ0) is 11.0. The van der Waals surface area contributed by atoms with Gasteiger partial charge in [-0.05, 0) is 24.6 Å². The number of hydrogen-bond acceptors (Lipinski definition) is 2. The molecule has 2 nitrogen and oxygen atoms in total. The van der Waals surface area contributed by atoms with E-state index in [1.807, 2.05) is 52.8 Å². The van der Waals surface area contributed by atoms with Crippen LogP contribution in [0.3, 0.4) is 0 Å². The van der Waals surface area contributed by atoms with Gasteiger partial charge in [0.25, 0.3) is 0 Å². The van der Waals surface area contributed by atoms with Crippen molar-refractivity contribution in [3.63, 3.8) is 0 Å². The molecule has 1 aromatic carbocycles. The maximum absolute atomic E-state index is 5.06. The van der Waals surface area contributed by atoms with Crippen molar-refractivity contribution in [2.75, 3.05) is 0 Å². The topological polar surface area (TPSA) is 26.0 Å². The first-order chi connectivity index (χ1) is 6.86. The SMILES string of the molecule is CC.CC.Cc1ccc2ocnc2c1. The molecular weight excluding hydrogens is 174 g/mol. The molecule has 0 aliphatic heterocycles. The standard InChI is InChI=1S/C8H7NO.2C2H6/c1-6-2-3-8-7(4-6)9-5-10-8;2*1-2/h2-5H,1H3;2*1-2H3. The van der Waals surface area contributed by atoms with Crippen molar-refractivity contribution >= 4 is 11.1 Å². The molecule has 0 fully saturated rings. The summed E-state index contributed by atoms with van der Waals surface area (Å²) in [7, 11) is 0. The lowest BCUT2D eigenvalue weighted by molar-refractivity contribution is 0.602. The van der Waals surface area contributed by atoms with Gasteiger partial charge in [-0.15, -0.1) is 0 Å². The molecular formula is C12H19NO. The first-order valence-electron chi connectivity index (χ1n) is 5.16. The Morgan fingerprint density at radius 2 is 1.71 bits per heavy atom. The molecule has 0 saturated heterocycles. The zero-order valence-electron chi connectivity index (χ0n) is 9.66. The van der Waals surface area contributed by atoms with E-state index < -0.39 is 0 Å². The van der Waals surface area contributed by atoms with Crippen LogP contribution in [0.2, 0.25) is 0 Å². The van der Waals surface area contributed by atoms with Gasteiger partial charge in [0, 0.05) is 0 Å². The van der Waals surface area contributed by atoms with E-state index in [9.17, 15) is 0 Å². The van der Waals surface area contributed by atoms with Crippen LogP contribution in [0.1, 0.15) is 33.3 Å². The summed E-state index contributed by atoms with van der Waals surface area (Å²) in [6.07, 6.45) is 1.46. The van der Waals surface area contributed by atoms with E-state index in [4.69, 9.17) is 4.42 Å². The van der Waals surface area contributed by atoms with Crippen LogP contribution in [0.25, 0.3) is 11.1 Å². The van der Waals surface area contributed by atoms with Gasteiger partial charge in [-0.2, -0.15) is 0 Å². The lowest BCUT2D eigenvalue weighted by Crippen LogP contribution is -1.70. The molecule has 0 saturated carbocycles. The summed E-state index contributed by atoms with van der Waals surface area (Å²) < 4.78 is 5.06. The largest absolute Gasteiger partial charge is 0.443 e. The lowest BCUT2D eigenvalue weighted by Gasteiger charge is -1.87. The Morgan fingerprint density at radius 1 is 1.07 bits per heavy atom. The second-order valence-electron chi connectivity index (χ2n) is 2.32. The first-order valence-corrected chi connectivity index (χ1v) is 5.16. The van der Waals surface area contributed by atoms with E-state index in [1.54, 1.807) is 0 Å². The second kappa shape index (κ2) is 7.13. The molecule has 0 atom stereocenters. The van der Waals surface area contributed by atoms with E-state index in [2.05, 4.69) is 4.98 Å². The Kier molecular flexibility index (Phi) is 6.46. The van der Waals surface area contributed by atoms with Crippen LogP contribution in [-0.4, -0.2) is 4.98 Å². The summed E-state index contributed by atoms with van der Waals surface area (Å²) in [6.45, 7) is 10.0. The third-order valence-corrected chi connectivity index (χ3v) is 1.49. The van der Waals surface area contributed by atoms with Crippen molar-refractivity contribution in [2.45, 2.75) is 34.6 Å². The number of oxazole rings is 1. The van der Waals surface area contributed by atoms with E-state index >= 15 is 0 Å². The molecule has 2 rings (SSSR count). The zero-order valence-corrected chi connectivity index (χ0v) is 9.66. The Morgan fingerprint density at radius 3 is 2.36 bits per heavy atom. The Bertz CT molecular complexity index is 352. The van der Waals surface area contributed by atoms with E-state index in [1.165, 1.54) is 12.0 Å². The minimum absolute atomic E-state index is 0.852. The highest BCUT2D eigenvalue weighted by Gasteiger charge is 1.95. The molecule has 2 heteroatoms. The highest BCUT2D eigenvalue weighted by Crippen LogP contribution is 2.12. The highest BCUT2D eigenvalue weighted by atomic mass is 16.3. The van der Waals surface area contributed by atoms with Crippen LogP contribution in [-0.2, 0) is 0 Å². The fourth-order valence-electron chi connectivity index (χ4n) is 0.968. The molecule has 0 amide bonds. The molecule has 0 bridgehead atoms. The van der Waals surface area contributed by atoms with Gasteiger partial charge in [-0.1, -0.05) is 33.8 Å². The van der Waals surface area contributed by atoms with Crippen molar-refractivity contribution in [1.82, 2.24) is 4.98 Å². The van der Waals surface area contributed by atoms with Gasteiger partial charge in [0.2, 0.25) is 0 Å². The smallest absolute Gasteiger partial charge is 0.181 e. The fourth-order valence-corrected chi connectivity index (χ4v) is 0.968. The van der Waals surface area contributed by atoms with Crippen molar-refractivity contribution in [3.05, 3.63) is 30.2 Å². The van der Waals surface area contributed by atoms with Crippen LogP contribution < -0.4 is 0 Å². The van der Waals surface area contributed by atoms with Crippen molar-refractivity contribution < 1.29 is 4.42 Å². The predicted molar refractivity (Wildman–Crippen MR) is 61.4 cm³/mol. The van der Waals surface area contributed by atoms with Crippen LogP contribution in [0.5, 0.6) is 0 Å². The van der Waals surface area contributed by atoms with Gasteiger partial charge in [0.05, 0.1) is 0 Å². The van der Waals surface area contributed by atoms with E-state index in [0.29, 0.717) is 0 Å². The summed E-state index contributed by atoms with van der Waals surface area (Å²) >= 11 is 0. The number of benzene rings is 1. The number of aryl methyl sites for hydroxylation is 1. The maximum atomic E-state index is 5.06. The number of rotatable bonds is 0. The van der Waals surface area contributed by atoms with Crippen molar-refractivity contribution in [3.8, 4) is 0 Å². The molecule has 0 N–H and O–H groups in total. The molecule has 0 spiro atoms. The van der Waals surface area contributed by atoms with Crippen LogP contribution in [0.15, 0.2) is 29.0 Å². The van der Waals surface area contributed by atoms with Crippen LogP contribution in [0, 0.1) is 6.92 Å². The molecule has 1 aromatic heterocycles. The van der Waals surface area contributed by atoms with Gasteiger partial charge in [0.15, 0.2) is 12.0 Å². The third kappa shape index (κ3) is 3.21. The average molecular weight is 193 g/mol. The quantitative estimate of drug-likeness (QED) is 0.627. The average Bonchev–Trinajstić information content (AvgIpc) is 2.71. The van der Waals surface area contributed by atoms with E-state index in [-0.39, 0.29) is 0 Å². The number of nitrogens with zero attached hydrogens (tertiary/aromatic N) is 1. The van der Waals surface area contributed by atoms with Gasteiger partial charge in [-0.25, -0.2) is 4.98 Å². The summed E-state index contributed by atoms with van der Waals surface area (Å²) in [5.41, 5.74) is 2.99. The lowest BCUT2D eigenvalue weighted by atomic mass is 10.2. The summed E-state index contributed by atoms with van der Waals surface area (Å²) in [4.78, 5) is 4.01. The van der Waals surface area contributed by atoms with Gasteiger partial charge < -0.3 is 4.42 Å². The Labute approximate surface area is 86.0 Å². The molecule has 0 aliphatic rings. The molecule has 0 unspecified atom stereocenters. The minimum Gasteiger partial charge on any atom is -0.443 e. The molecule has 78 valence electrons. The molecule has 2 aromatic rings. The van der Waals surface area contributed by atoms with Gasteiger partial charge in [-0.3, -0.25) is 0 Å². The number of aromatic nitrogens is 1. The summed E-state index contributed by atoms with van der Waals surface area (Å²) in [6, 6.07) is 5.93. The maximum Gasteiger partial charge on any atom is 0.181 e. The highest BCUT2D eigenvalue weighted by molar-refractivity contribution is 5.72. The molecule has 0 radical (unpaired) electrons. The number of fused-ring (bicyclic) bond motifs is 1. The summed E-state index contributed by atoms with van der Waals surface area (Å²) in [5.74, 6) is 0. The van der Waals surface area contributed by atoms with Gasteiger partial charge >= 0.3 is 0 Å². The van der Waals surface area contributed by atoms with Crippen molar-refractivity contribution in [2.24, 2.45) is 0 Å². The van der Waals surface area contributed by atoms with Gasteiger partial charge in [0.1, 0.15) is 5.52 Å². The predicted octanol–water partition coefficient (Wildman–Crippen LogP) is 4.19. The fraction of sp³-hybridized carbons (Fsp3) is 0.417. The minimum atomic E-state index is 0.852. The van der Waals surface area contributed by atoms with Crippen LogP contribution in [0.4, 0.5) is 0 Å². The monoisotopic (exact) mass is 193 g/mol. The Balaban J connectivity index is 0.000000379. The molecule has 1 heterocycles. The first kappa shape index (κ1) is 12.7.